The van der Waals surface area contributed by atoms with Crippen LogP contribution in [0.3, 0.4) is 0 Å². The maximum absolute atomic E-state index is 13.0. The second-order valence-electron chi connectivity index (χ2n) is 9.30. The summed E-state index contributed by atoms with van der Waals surface area (Å²) in [6.07, 6.45) is 2.68. The van der Waals surface area contributed by atoms with Gasteiger partial charge in [0.05, 0.1) is 23.6 Å². The van der Waals surface area contributed by atoms with Crippen molar-refractivity contribution >= 4 is 5.91 Å². The van der Waals surface area contributed by atoms with Gasteiger partial charge in [-0.05, 0) is 49.9 Å². The number of para-hydroxylation sites is 1. The number of benzene rings is 2. The zero-order chi connectivity index (χ0) is 22.8. The van der Waals surface area contributed by atoms with E-state index in [-0.39, 0.29) is 18.1 Å². The molecule has 2 heterocycles. The summed E-state index contributed by atoms with van der Waals surface area (Å²) in [5, 5.41) is 11.6. The van der Waals surface area contributed by atoms with Gasteiger partial charge in [-0.2, -0.15) is 0 Å². The lowest BCUT2D eigenvalue weighted by Crippen LogP contribution is -2.44. The van der Waals surface area contributed by atoms with E-state index in [1.807, 2.05) is 35.0 Å². The Morgan fingerprint density at radius 3 is 2.33 bits per heavy atom. The predicted octanol–water partition coefficient (Wildman–Crippen LogP) is 3.68. The van der Waals surface area contributed by atoms with Crippen LogP contribution in [0.1, 0.15) is 59.9 Å². The van der Waals surface area contributed by atoms with Crippen molar-refractivity contribution < 1.29 is 9.53 Å². The van der Waals surface area contributed by atoms with Crippen molar-refractivity contribution in [2.45, 2.75) is 57.9 Å². The minimum atomic E-state index is -0.167. The lowest BCUT2D eigenvalue weighted by Gasteiger charge is -2.35. The molecule has 5 rings (SSSR count). The number of nitrogens with zero attached hydrogens (tertiary/aromatic N) is 4. The van der Waals surface area contributed by atoms with Crippen LogP contribution in [-0.2, 0) is 17.8 Å². The van der Waals surface area contributed by atoms with Crippen LogP contribution in [0.4, 0.5) is 0 Å². The van der Waals surface area contributed by atoms with Gasteiger partial charge in [0.1, 0.15) is 0 Å². The average molecular weight is 446 g/mol. The topological polar surface area (TPSA) is 72.3 Å². The summed E-state index contributed by atoms with van der Waals surface area (Å²) in [5.74, 6) is 0.185. The summed E-state index contributed by atoms with van der Waals surface area (Å²) in [4.78, 5) is 15.4. The number of amides is 1. The number of ether oxygens (including phenoxy) is 1. The van der Waals surface area contributed by atoms with Crippen LogP contribution >= 0.6 is 0 Å². The molecule has 172 valence electrons. The van der Waals surface area contributed by atoms with Crippen LogP contribution in [0, 0.1) is 0 Å². The fraction of sp³-hybridized carbons (Fsp3) is 0.423. The summed E-state index contributed by atoms with van der Waals surface area (Å²) in [6.45, 7) is 7.54. The molecule has 1 aliphatic carbocycles. The van der Waals surface area contributed by atoms with E-state index >= 15 is 0 Å². The first-order chi connectivity index (χ1) is 16.1. The van der Waals surface area contributed by atoms with E-state index in [0.717, 1.165) is 49.4 Å². The van der Waals surface area contributed by atoms with Gasteiger partial charge in [-0.25, -0.2) is 4.68 Å². The van der Waals surface area contributed by atoms with Gasteiger partial charge in [-0.3, -0.25) is 9.69 Å². The summed E-state index contributed by atoms with van der Waals surface area (Å²) < 4.78 is 7.64. The number of hydrogen-bond acceptors (Lipinski definition) is 5. The third-order valence-electron chi connectivity index (χ3n) is 6.26. The molecule has 0 bridgehead atoms. The summed E-state index contributed by atoms with van der Waals surface area (Å²) in [7, 11) is 0. The Bertz CT molecular complexity index is 1080. The maximum atomic E-state index is 13.0. The number of morpholine rings is 1. The van der Waals surface area contributed by atoms with Crippen molar-refractivity contribution in [2.24, 2.45) is 0 Å². The zero-order valence-electron chi connectivity index (χ0n) is 19.3. The van der Waals surface area contributed by atoms with Gasteiger partial charge >= 0.3 is 0 Å². The van der Waals surface area contributed by atoms with E-state index in [2.05, 4.69) is 58.6 Å². The second-order valence-corrected chi connectivity index (χ2v) is 9.30. The zero-order valence-corrected chi connectivity index (χ0v) is 19.3. The first-order valence-electron chi connectivity index (χ1n) is 11.8. The lowest BCUT2D eigenvalue weighted by molar-refractivity contribution is -0.0704. The molecule has 7 heteroatoms. The number of hydrogen-bond donors (Lipinski definition) is 1. The molecule has 2 aromatic carbocycles. The van der Waals surface area contributed by atoms with Crippen molar-refractivity contribution in [3.63, 3.8) is 0 Å². The molecule has 1 aliphatic heterocycles. The highest BCUT2D eigenvalue weighted by Gasteiger charge is 2.34. The quantitative estimate of drug-likeness (QED) is 0.601. The standard InChI is InChI=1S/C26H31N5O2/c1-18-15-30(16-19(2)33-18)17-21-10-8-20(9-11-21)14-27-26(32)24-25(22-12-13-22)31(29-28-24)23-6-4-3-5-7-23/h3-11,18-19,22H,12-17H2,1-2H3,(H,27,32). The Balaban J connectivity index is 1.21. The van der Waals surface area contributed by atoms with Gasteiger partial charge in [0, 0.05) is 32.1 Å². The van der Waals surface area contributed by atoms with Gasteiger partial charge in [0.25, 0.3) is 5.91 Å². The molecule has 1 N–H and O–H groups in total. The van der Waals surface area contributed by atoms with Crippen molar-refractivity contribution in [3.8, 4) is 5.69 Å². The SMILES string of the molecule is CC1CN(Cc2ccc(CNC(=O)c3nnn(-c4ccccc4)c3C3CC3)cc2)CC(C)O1. The fourth-order valence-corrected chi connectivity index (χ4v) is 4.63. The molecular weight excluding hydrogens is 414 g/mol. The van der Waals surface area contributed by atoms with Gasteiger partial charge in [-0.15, -0.1) is 5.10 Å². The van der Waals surface area contributed by atoms with Crippen LogP contribution in [0.15, 0.2) is 54.6 Å². The monoisotopic (exact) mass is 445 g/mol. The Kier molecular flexibility index (Phi) is 6.24. The first kappa shape index (κ1) is 21.8. The summed E-state index contributed by atoms with van der Waals surface area (Å²) in [6, 6.07) is 18.4. The van der Waals surface area contributed by atoms with E-state index in [4.69, 9.17) is 4.74 Å². The largest absolute Gasteiger partial charge is 0.373 e. The van der Waals surface area contributed by atoms with Crippen molar-refractivity contribution in [3.05, 3.63) is 77.1 Å². The van der Waals surface area contributed by atoms with Crippen molar-refractivity contribution in [1.82, 2.24) is 25.2 Å². The molecule has 0 spiro atoms. The lowest BCUT2D eigenvalue weighted by atomic mass is 10.1. The minimum Gasteiger partial charge on any atom is -0.373 e. The Hall–Kier alpha value is -3.03. The number of rotatable bonds is 7. The van der Waals surface area contributed by atoms with Crippen molar-refractivity contribution in [1.29, 1.82) is 0 Å². The highest BCUT2D eigenvalue weighted by atomic mass is 16.5. The summed E-state index contributed by atoms with van der Waals surface area (Å²) in [5.41, 5.74) is 4.63. The Morgan fingerprint density at radius 1 is 1.00 bits per heavy atom. The molecule has 3 aromatic rings. The van der Waals surface area contributed by atoms with Gasteiger partial charge in [0.15, 0.2) is 5.69 Å². The van der Waals surface area contributed by atoms with Crippen LogP contribution in [-0.4, -0.2) is 51.1 Å². The Morgan fingerprint density at radius 2 is 1.67 bits per heavy atom. The molecule has 2 aliphatic rings. The molecule has 33 heavy (non-hydrogen) atoms. The number of carbonyl (C=O) groups excluding carboxylic acids is 1. The van der Waals surface area contributed by atoms with E-state index in [0.29, 0.717) is 18.2 Å². The molecule has 1 aromatic heterocycles. The molecule has 2 atom stereocenters. The average Bonchev–Trinajstić information content (AvgIpc) is 3.56. The van der Waals surface area contributed by atoms with Gasteiger partial charge in [0.2, 0.25) is 0 Å². The fourth-order valence-electron chi connectivity index (χ4n) is 4.63. The third-order valence-corrected chi connectivity index (χ3v) is 6.26. The number of aromatic nitrogens is 3. The van der Waals surface area contributed by atoms with Gasteiger partial charge < -0.3 is 10.1 Å². The molecular formula is C26H31N5O2. The van der Waals surface area contributed by atoms with Crippen molar-refractivity contribution in [2.75, 3.05) is 13.1 Å². The van der Waals surface area contributed by atoms with Crippen LogP contribution in [0.25, 0.3) is 5.69 Å². The van der Waals surface area contributed by atoms with E-state index in [9.17, 15) is 4.79 Å². The molecule has 1 saturated carbocycles. The molecule has 2 fully saturated rings. The smallest absolute Gasteiger partial charge is 0.274 e. The molecule has 1 saturated heterocycles. The third kappa shape index (κ3) is 5.15. The highest BCUT2D eigenvalue weighted by molar-refractivity contribution is 5.93. The normalized spacial score (nSPS) is 21.2. The number of nitrogens with one attached hydrogen (secondary N) is 1. The van der Waals surface area contributed by atoms with E-state index in [1.54, 1.807) is 0 Å². The summed E-state index contributed by atoms with van der Waals surface area (Å²) >= 11 is 0. The van der Waals surface area contributed by atoms with E-state index in [1.165, 1.54) is 5.56 Å². The molecule has 1 amide bonds. The van der Waals surface area contributed by atoms with Crippen LogP contribution in [0.5, 0.6) is 0 Å². The van der Waals surface area contributed by atoms with E-state index < -0.39 is 0 Å². The number of carbonyl (C=O) groups is 1. The predicted molar refractivity (Wildman–Crippen MR) is 126 cm³/mol. The molecule has 0 radical (unpaired) electrons. The van der Waals surface area contributed by atoms with Gasteiger partial charge in [-0.1, -0.05) is 47.7 Å². The second kappa shape index (κ2) is 9.45. The van der Waals surface area contributed by atoms with Crippen LogP contribution in [0.2, 0.25) is 0 Å². The maximum Gasteiger partial charge on any atom is 0.274 e. The molecule has 2 unspecified atom stereocenters. The Labute approximate surface area is 194 Å². The first-order valence-corrected chi connectivity index (χ1v) is 11.8. The minimum absolute atomic E-state index is 0.167. The highest BCUT2D eigenvalue weighted by Crippen LogP contribution is 2.41. The van der Waals surface area contributed by atoms with Crippen LogP contribution < -0.4 is 5.32 Å². The molecule has 7 nitrogen and oxygen atoms in total.